The maximum absolute atomic E-state index is 14.1. The van der Waals surface area contributed by atoms with Crippen molar-refractivity contribution in [3.8, 4) is 11.3 Å². The van der Waals surface area contributed by atoms with Gasteiger partial charge < -0.3 is 9.73 Å². The Morgan fingerprint density at radius 3 is 2.41 bits per heavy atom. The van der Waals surface area contributed by atoms with Crippen LogP contribution in [0.5, 0.6) is 0 Å². The summed E-state index contributed by atoms with van der Waals surface area (Å²) in [5.41, 5.74) is 0.277. The first kappa shape index (κ1) is 25.6. The van der Waals surface area contributed by atoms with E-state index in [4.69, 9.17) is 4.42 Å². The molecule has 4 heterocycles. The number of pyridine rings is 1. The first-order chi connectivity index (χ1) is 19.0. The SMILES string of the molecule is O=C(NC1CCC(n2c(=O)c3cc(F)cnc3n(C3CCSCC3)c2=O)CC1)c1ccc(-c2ccccc2)o1. The smallest absolute Gasteiger partial charge is 0.333 e. The van der Waals surface area contributed by atoms with Crippen molar-refractivity contribution in [1.29, 1.82) is 0 Å². The van der Waals surface area contributed by atoms with E-state index in [0.29, 0.717) is 31.4 Å². The Labute approximate surface area is 228 Å². The van der Waals surface area contributed by atoms with Crippen LogP contribution in [0.2, 0.25) is 0 Å². The average molecular weight is 549 g/mol. The highest BCUT2D eigenvalue weighted by molar-refractivity contribution is 7.99. The number of carbonyl (C=O) groups is 1. The van der Waals surface area contributed by atoms with Gasteiger partial charge in [0.05, 0.1) is 11.6 Å². The van der Waals surface area contributed by atoms with E-state index >= 15 is 0 Å². The van der Waals surface area contributed by atoms with Gasteiger partial charge in [0, 0.05) is 23.7 Å². The van der Waals surface area contributed by atoms with Crippen molar-refractivity contribution in [3.63, 3.8) is 0 Å². The summed E-state index contributed by atoms with van der Waals surface area (Å²) in [5.74, 6) is 1.82. The van der Waals surface area contributed by atoms with Gasteiger partial charge in [0.1, 0.15) is 17.2 Å². The van der Waals surface area contributed by atoms with Crippen molar-refractivity contribution in [1.82, 2.24) is 19.4 Å². The van der Waals surface area contributed by atoms with Gasteiger partial charge in [0.25, 0.3) is 11.5 Å². The highest BCUT2D eigenvalue weighted by Gasteiger charge is 2.30. The largest absolute Gasteiger partial charge is 0.451 e. The van der Waals surface area contributed by atoms with Crippen LogP contribution in [0.25, 0.3) is 22.4 Å². The molecule has 6 rings (SSSR count). The second-order valence-electron chi connectivity index (χ2n) is 10.2. The van der Waals surface area contributed by atoms with Crippen LogP contribution in [0, 0.1) is 5.82 Å². The van der Waals surface area contributed by atoms with Gasteiger partial charge in [-0.15, -0.1) is 0 Å². The molecule has 0 spiro atoms. The van der Waals surface area contributed by atoms with Crippen LogP contribution in [0.1, 0.15) is 61.2 Å². The van der Waals surface area contributed by atoms with Crippen molar-refractivity contribution in [2.24, 2.45) is 0 Å². The van der Waals surface area contributed by atoms with Gasteiger partial charge in [0.15, 0.2) is 5.76 Å². The summed E-state index contributed by atoms with van der Waals surface area (Å²) in [7, 11) is 0. The van der Waals surface area contributed by atoms with Crippen molar-refractivity contribution in [2.75, 3.05) is 11.5 Å². The number of nitrogens with one attached hydrogen (secondary N) is 1. The lowest BCUT2D eigenvalue weighted by atomic mass is 9.90. The van der Waals surface area contributed by atoms with E-state index in [-0.39, 0.29) is 46.5 Å². The third-order valence-electron chi connectivity index (χ3n) is 7.76. The highest BCUT2D eigenvalue weighted by Crippen LogP contribution is 2.30. The Morgan fingerprint density at radius 1 is 0.949 bits per heavy atom. The first-order valence-electron chi connectivity index (χ1n) is 13.4. The van der Waals surface area contributed by atoms with Crippen molar-refractivity contribution < 1.29 is 13.6 Å². The van der Waals surface area contributed by atoms with Gasteiger partial charge in [-0.3, -0.25) is 18.7 Å². The summed E-state index contributed by atoms with van der Waals surface area (Å²) in [6, 6.07) is 13.7. The van der Waals surface area contributed by atoms with Crippen molar-refractivity contribution in [2.45, 2.75) is 56.7 Å². The molecule has 1 N–H and O–H groups in total. The van der Waals surface area contributed by atoms with Crippen molar-refractivity contribution in [3.05, 3.63) is 87.1 Å². The number of thioether (sulfide) groups is 1. The number of halogens is 1. The second-order valence-corrected chi connectivity index (χ2v) is 11.4. The van der Waals surface area contributed by atoms with Gasteiger partial charge in [-0.25, -0.2) is 14.2 Å². The van der Waals surface area contributed by atoms with E-state index in [1.165, 1.54) is 10.6 Å². The number of furan rings is 1. The standard InChI is InChI=1S/C29H29FN4O4S/c30-19-16-23-26(31-17-19)33(22-12-14-39-15-13-22)29(37)34(28(23)36)21-8-6-20(7-9-21)32-27(35)25-11-10-24(38-25)18-4-2-1-3-5-18/h1-5,10-11,16-17,20-22H,6-9,12-15H2,(H,32,35). The Hall–Kier alpha value is -3.66. The van der Waals surface area contributed by atoms with Crippen LogP contribution < -0.4 is 16.6 Å². The number of fused-ring (bicyclic) bond motifs is 1. The second kappa shape index (κ2) is 10.8. The highest BCUT2D eigenvalue weighted by atomic mass is 32.2. The van der Waals surface area contributed by atoms with E-state index in [9.17, 15) is 18.8 Å². The van der Waals surface area contributed by atoms with E-state index in [1.807, 2.05) is 42.1 Å². The molecule has 0 bridgehead atoms. The molecule has 39 heavy (non-hydrogen) atoms. The molecule has 1 saturated carbocycles. The fraction of sp³-hybridized carbons (Fsp3) is 0.379. The number of amides is 1. The van der Waals surface area contributed by atoms with Gasteiger partial charge in [-0.1, -0.05) is 30.3 Å². The molecule has 2 fully saturated rings. The number of nitrogens with zero attached hydrogens (tertiary/aromatic N) is 3. The summed E-state index contributed by atoms with van der Waals surface area (Å²) < 4.78 is 22.8. The number of aromatic nitrogens is 3. The van der Waals surface area contributed by atoms with Crippen LogP contribution >= 0.6 is 11.8 Å². The van der Waals surface area contributed by atoms with Gasteiger partial charge in [-0.05, 0) is 68.2 Å². The quantitative estimate of drug-likeness (QED) is 0.379. The molecule has 3 aromatic heterocycles. The van der Waals surface area contributed by atoms with E-state index in [0.717, 1.165) is 36.1 Å². The van der Waals surface area contributed by atoms with Crippen LogP contribution in [-0.2, 0) is 0 Å². The summed E-state index contributed by atoms with van der Waals surface area (Å²) in [5, 5.41) is 3.17. The Bertz CT molecular complexity index is 1620. The molecule has 202 valence electrons. The summed E-state index contributed by atoms with van der Waals surface area (Å²) >= 11 is 1.84. The number of carbonyl (C=O) groups excluding carboxylic acids is 1. The van der Waals surface area contributed by atoms with E-state index < -0.39 is 11.4 Å². The predicted octanol–water partition coefficient (Wildman–Crippen LogP) is 4.94. The molecule has 1 saturated heterocycles. The van der Waals surface area contributed by atoms with E-state index in [1.54, 1.807) is 16.7 Å². The minimum Gasteiger partial charge on any atom is -0.451 e. The normalized spacial score (nSPS) is 20.2. The van der Waals surface area contributed by atoms with Crippen LogP contribution in [-0.4, -0.2) is 37.6 Å². The molecule has 0 atom stereocenters. The summed E-state index contributed by atoms with van der Waals surface area (Å²) in [6.07, 6.45) is 4.96. The maximum Gasteiger partial charge on any atom is 0.333 e. The lowest BCUT2D eigenvalue weighted by Crippen LogP contribution is -2.46. The molecule has 0 unspecified atom stereocenters. The topological polar surface area (TPSA) is 99.1 Å². The fourth-order valence-electron chi connectivity index (χ4n) is 5.75. The molecule has 8 nitrogen and oxygen atoms in total. The maximum atomic E-state index is 14.1. The monoisotopic (exact) mass is 548 g/mol. The molecule has 2 aliphatic rings. The van der Waals surface area contributed by atoms with Gasteiger partial charge in [-0.2, -0.15) is 11.8 Å². The summed E-state index contributed by atoms with van der Waals surface area (Å²) in [6.45, 7) is 0. The third kappa shape index (κ3) is 5.05. The zero-order valence-corrected chi connectivity index (χ0v) is 22.2. The molecule has 1 amide bonds. The molecule has 1 aliphatic heterocycles. The van der Waals surface area contributed by atoms with Gasteiger partial charge in [0.2, 0.25) is 0 Å². The molecular formula is C29H29FN4O4S. The number of hydrogen-bond donors (Lipinski definition) is 1. The van der Waals surface area contributed by atoms with Gasteiger partial charge >= 0.3 is 5.69 Å². The summed E-state index contributed by atoms with van der Waals surface area (Å²) in [4.78, 5) is 44.2. The Kier molecular flexibility index (Phi) is 7.12. The zero-order valence-electron chi connectivity index (χ0n) is 21.3. The first-order valence-corrected chi connectivity index (χ1v) is 14.5. The lowest BCUT2D eigenvalue weighted by Gasteiger charge is -2.31. The molecule has 0 radical (unpaired) electrons. The fourth-order valence-corrected chi connectivity index (χ4v) is 6.83. The van der Waals surface area contributed by atoms with Crippen molar-refractivity contribution >= 4 is 28.7 Å². The molecule has 4 aromatic rings. The zero-order chi connectivity index (χ0) is 26.9. The number of benzene rings is 1. The van der Waals surface area contributed by atoms with Crippen LogP contribution in [0.4, 0.5) is 4.39 Å². The Morgan fingerprint density at radius 2 is 1.67 bits per heavy atom. The lowest BCUT2D eigenvalue weighted by molar-refractivity contribution is 0.0894. The average Bonchev–Trinajstić information content (AvgIpc) is 3.46. The number of rotatable bonds is 5. The minimum atomic E-state index is -0.602. The van der Waals surface area contributed by atoms with Crippen LogP contribution in [0.3, 0.4) is 0 Å². The minimum absolute atomic E-state index is 0.0734. The molecular weight excluding hydrogens is 519 g/mol. The van der Waals surface area contributed by atoms with Crippen LogP contribution in [0.15, 0.2) is 68.7 Å². The third-order valence-corrected chi connectivity index (χ3v) is 8.81. The Balaban J connectivity index is 1.21. The molecule has 1 aromatic carbocycles. The predicted molar refractivity (Wildman–Crippen MR) is 149 cm³/mol. The number of hydrogen-bond acceptors (Lipinski definition) is 6. The molecule has 10 heteroatoms. The van der Waals surface area contributed by atoms with E-state index in [2.05, 4.69) is 10.3 Å². The molecule has 1 aliphatic carbocycles.